The van der Waals surface area contributed by atoms with Crippen LogP contribution in [0.5, 0.6) is 0 Å². The van der Waals surface area contributed by atoms with Gasteiger partial charge in [0.15, 0.2) is 5.82 Å². The SMILES string of the molecule is CC(n1cnnc1-c1c(-c2cscn2)ccnc1C(N)=O)C(F)(F)F. The first-order chi connectivity index (χ1) is 11.8. The molecular formula is C14H11F3N6OS. The van der Waals surface area contributed by atoms with Crippen molar-refractivity contribution in [3.05, 3.63) is 35.2 Å². The molecule has 130 valence electrons. The fourth-order valence-electron chi connectivity index (χ4n) is 2.30. The summed E-state index contributed by atoms with van der Waals surface area (Å²) in [7, 11) is 0. The third kappa shape index (κ3) is 3.09. The van der Waals surface area contributed by atoms with Crippen LogP contribution >= 0.6 is 11.3 Å². The first-order valence-corrected chi connectivity index (χ1v) is 7.89. The van der Waals surface area contributed by atoms with Crippen molar-refractivity contribution in [2.24, 2.45) is 5.73 Å². The number of amides is 1. The van der Waals surface area contributed by atoms with E-state index >= 15 is 0 Å². The second-order valence-electron chi connectivity index (χ2n) is 5.10. The molecule has 1 amide bonds. The molecule has 1 unspecified atom stereocenters. The topological polar surface area (TPSA) is 99.6 Å². The molecule has 0 aliphatic rings. The van der Waals surface area contributed by atoms with Crippen LogP contribution in [0.2, 0.25) is 0 Å². The molecule has 3 rings (SSSR count). The van der Waals surface area contributed by atoms with E-state index in [1.165, 1.54) is 23.6 Å². The fourth-order valence-corrected chi connectivity index (χ4v) is 2.85. The van der Waals surface area contributed by atoms with Crippen LogP contribution in [-0.2, 0) is 0 Å². The van der Waals surface area contributed by atoms with E-state index in [2.05, 4.69) is 20.2 Å². The summed E-state index contributed by atoms with van der Waals surface area (Å²) < 4.78 is 40.3. The summed E-state index contributed by atoms with van der Waals surface area (Å²) in [6.45, 7) is 0.968. The van der Waals surface area contributed by atoms with Gasteiger partial charge in [0.2, 0.25) is 0 Å². The number of hydrogen-bond acceptors (Lipinski definition) is 6. The van der Waals surface area contributed by atoms with Gasteiger partial charge in [0, 0.05) is 17.1 Å². The van der Waals surface area contributed by atoms with Crippen molar-refractivity contribution < 1.29 is 18.0 Å². The third-order valence-corrected chi connectivity index (χ3v) is 4.17. The van der Waals surface area contributed by atoms with Gasteiger partial charge >= 0.3 is 6.18 Å². The van der Waals surface area contributed by atoms with Crippen LogP contribution < -0.4 is 5.73 Å². The largest absolute Gasteiger partial charge is 0.408 e. The third-order valence-electron chi connectivity index (χ3n) is 3.58. The van der Waals surface area contributed by atoms with E-state index in [0.717, 1.165) is 17.8 Å². The lowest BCUT2D eigenvalue weighted by Crippen LogP contribution is -2.24. The van der Waals surface area contributed by atoms with E-state index in [-0.39, 0.29) is 17.1 Å². The average Bonchev–Trinajstić information content (AvgIpc) is 3.23. The van der Waals surface area contributed by atoms with Gasteiger partial charge in [-0.2, -0.15) is 13.2 Å². The summed E-state index contributed by atoms with van der Waals surface area (Å²) in [5.41, 5.74) is 7.65. The van der Waals surface area contributed by atoms with Gasteiger partial charge in [0.1, 0.15) is 18.1 Å². The molecule has 0 fully saturated rings. The van der Waals surface area contributed by atoms with Crippen molar-refractivity contribution in [3.8, 4) is 22.6 Å². The minimum Gasteiger partial charge on any atom is -0.364 e. The molecule has 0 aromatic carbocycles. The molecule has 3 heterocycles. The van der Waals surface area contributed by atoms with Crippen molar-refractivity contribution in [1.82, 2.24) is 24.7 Å². The van der Waals surface area contributed by atoms with Gasteiger partial charge in [0.05, 0.1) is 16.8 Å². The van der Waals surface area contributed by atoms with E-state index in [9.17, 15) is 18.0 Å². The average molecular weight is 368 g/mol. The Kier molecular flexibility index (Phi) is 4.25. The molecule has 0 spiro atoms. The Balaban J connectivity index is 2.28. The molecule has 1 atom stereocenters. The van der Waals surface area contributed by atoms with Gasteiger partial charge in [0.25, 0.3) is 5.91 Å². The number of aromatic nitrogens is 5. The van der Waals surface area contributed by atoms with Crippen LogP contribution in [0.1, 0.15) is 23.5 Å². The Bertz CT molecular complexity index is 906. The predicted molar refractivity (Wildman–Crippen MR) is 83.6 cm³/mol. The normalized spacial score (nSPS) is 13.0. The first kappa shape index (κ1) is 17.0. The van der Waals surface area contributed by atoms with Gasteiger partial charge in [-0.3, -0.25) is 9.78 Å². The lowest BCUT2D eigenvalue weighted by atomic mass is 10.0. The van der Waals surface area contributed by atoms with Crippen molar-refractivity contribution >= 4 is 17.2 Å². The van der Waals surface area contributed by atoms with E-state index in [4.69, 9.17) is 5.73 Å². The highest BCUT2D eigenvalue weighted by molar-refractivity contribution is 7.07. The van der Waals surface area contributed by atoms with Crippen LogP contribution in [0.4, 0.5) is 13.2 Å². The number of halogens is 3. The monoisotopic (exact) mass is 368 g/mol. The van der Waals surface area contributed by atoms with Crippen molar-refractivity contribution in [3.63, 3.8) is 0 Å². The number of hydrogen-bond donors (Lipinski definition) is 1. The number of thiazole rings is 1. The Morgan fingerprint density at radius 3 is 2.72 bits per heavy atom. The van der Waals surface area contributed by atoms with Gasteiger partial charge in [-0.1, -0.05) is 0 Å². The summed E-state index contributed by atoms with van der Waals surface area (Å²) in [6.07, 6.45) is -2.23. The summed E-state index contributed by atoms with van der Waals surface area (Å²) in [6, 6.07) is -0.365. The minimum atomic E-state index is -4.52. The minimum absolute atomic E-state index is 0.0644. The Morgan fingerprint density at radius 1 is 1.36 bits per heavy atom. The lowest BCUT2D eigenvalue weighted by molar-refractivity contribution is -0.162. The molecule has 0 aliphatic carbocycles. The first-order valence-electron chi connectivity index (χ1n) is 6.94. The molecule has 0 aliphatic heterocycles. The number of rotatable bonds is 4. The quantitative estimate of drug-likeness (QED) is 0.763. The molecule has 3 aromatic heterocycles. The molecule has 3 aromatic rings. The number of nitrogens with two attached hydrogens (primary N) is 1. The molecule has 0 saturated carbocycles. The second kappa shape index (κ2) is 6.24. The molecule has 0 bridgehead atoms. The van der Waals surface area contributed by atoms with E-state index in [0.29, 0.717) is 11.3 Å². The van der Waals surface area contributed by atoms with Crippen molar-refractivity contribution in [1.29, 1.82) is 0 Å². The van der Waals surface area contributed by atoms with Crippen LogP contribution in [-0.4, -0.2) is 36.8 Å². The maximum absolute atomic E-state index is 13.1. The number of carbonyl (C=O) groups excluding carboxylic acids is 1. The van der Waals surface area contributed by atoms with E-state index in [1.54, 1.807) is 10.9 Å². The smallest absolute Gasteiger partial charge is 0.364 e. The van der Waals surface area contributed by atoms with Crippen molar-refractivity contribution in [2.75, 3.05) is 0 Å². The van der Waals surface area contributed by atoms with Crippen molar-refractivity contribution in [2.45, 2.75) is 19.1 Å². The Labute approximate surface area is 143 Å². The standard InChI is InChI=1S/C14H11F3N6OS/c1-7(14(15,16)17)23-5-21-22-13(23)10-8(9-4-25-6-20-9)2-3-19-11(10)12(18)24/h2-7H,1H3,(H2,18,24). The summed E-state index contributed by atoms with van der Waals surface area (Å²) >= 11 is 1.30. The number of pyridine rings is 1. The highest BCUT2D eigenvalue weighted by Gasteiger charge is 2.39. The zero-order chi connectivity index (χ0) is 18.2. The van der Waals surface area contributed by atoms with Gasteiger partial charge in [-0.25, -0.2) is 4.98 Å². The van der Waals surface area contributed by atoms with Crippen LogP contribution in [0, 0.1) is 0 Å². The zero-order valence-corrected chi connectivity index (χ0v) is 13.5. The Morgan fingerprint density at radius 2 is 2.12 bits per heavy atom. The molecule has 0 radical (unpaired) electrons. The maximum atomic E-state index is 13.1. The van der Waals surface area contributed by atoms with Crippen LogP contribution in [0.25, 0.3) is 22.6 Å². The molecule has 11 heteroatoms. The predicted octanol–water partition coefficient (Wildman–Crippen LogP) is 2.69. The fraction of sp³-hybridized carbons (Fsp3) is 0.214. The lowest BCUT2D eigenvalue weighted by Gasteiger charge is -2.19. The number of primary amides is 1. The Hall–Kier alpha value is -2.82. The second-order valence-corrected chi connectivity index (χ2v) is 5.82. The highest BCUT2D eigenvalue weighted by Crippen LogP contribution is 2.37. The molecule has 2 N–H and O–H groups in total. The summed E-state index contributed by atoms with van der Waals surface area (Å²) in [5, 5.41) is 9.04. The van der Waals surface area contributed by atoms with Gasteiger partial charge in [-0.05, 0) is 13.0 Å². The number of carbonyl (C=O) groups is 1. The molecule has 0 saturated heterocycles. The molecule has 25 heavy (non-hydrogen) atoms. The van der Waals surface area contributed by atoms with Gasteiger partial charge in [-0.15, -0.1) is 21.5 Å². The highest BCUT2D eigenvalue weighted by atomic mass is 32.1. The van der Waals surface area contributed by atoms with E-state index < -0.39 is 18.1 Å². The molecule has 7 nitrogen and oxygen atoms in total. The zero-order valence-electron chi connectivity index (χ0n) is 12.7. The number of nitrogens with zero attached hydrogens (tertiary/aromatic N) is 5. The van der Waals surface area contributed by atoms with E-state index in [1.807, 2.05) is 0 Å². The number of alkyl halides is 3. The van der Waals surface area contributed by atoms with Crippen LogP contribution in [0.3, 0.4) is 0 Å². The summed E-state index contributed by atoms with van der Waals surface area (Å²) in [4.78, 5) is 19.8. The van der Waals surface area contributed by atoms with Gasteiger partial charge < -0.3 is 10.3 Å². The van der Waals surface area contributed by atoms with Crippen LogP contribution in [0.15, 0.2) is 29.5 Å². The summed E-state index contributed by atoms with van der Waals surface area (Å²) in [5.74, 6) is -1.05. The maximum Gasteiger partial charge on any atom is 0.408 e. The molecular weight excluding hydrogens is 357 g/mol.